The van der Waals surface area contributed by atoms with E-state index in [2.05, 4.69) is 35.5 Å². The van der Waals surface area contributed by atoms with Gasteiger partial charge in [-0.15, -0.1) is 10.2 Å². The molecule has 1 N–H and O–H groups in total. The molecule has 1 fully saturated rings. The zero-order chi connectivity index (χ0) is 16.9. The lowest BCUT2D eigenvalue weighted by Gasteiger charge is -2.22. The molecule has 0 unspecified atom stereocenters. The number of hydrogen-bond acceptors (Lipinski definition) is 4. The van der Waals surface area contributed by atoms with Crippen LogP contribution in [0.5, 0.6) is 0 Å². The Labute approximate surface area is 139 Å². The highest BCUT2D eigenvalue weighted by atomic mass is 16.3. The van der Waals surface area contributed by atoms with Gasteiger partial charge in [-0.2, -0.15) is 0 Å². The number of carbonyl (C=O) groups is 1. The highest BCUT2D eigenvalue weighted by Gasteiger charge is 2.32. The topological polar surface area (TPSA) is 68.0 Å². The Morgan fingerprint density at radius 1 is 1.39 bits per heavy atom. The molecular formula is C18H31N3O2. The molecular weight excluding hydrogens is 290 g/mol. The van der Waals surface area contributed by atoms with E-state index in [1.807, 2.05) is 0 Å². The largest absolute Gasteiger partial charge is 0.396 e. The van der Waals surface area contributed by atoms with Crippen molar-refractivity contribution in [3.63, 3.8) is 0 Å². The normalized spacial score (nSPS) is 16.5. The highest BCUT2D eigenvalue weighted by molar-refractivity contribution is 5.51. The average molecular weight is 321 g/mol. The van der Waals surface area contributed by atoms with Gasteiger partial charge in [-0.05, 0) is 37.5 Å². The van der Waals surface area contributed by atoms with E-state index in [-0.39, 0.29) is 12.5 Å². The summed E-state index contributed by atoms with van der Waals surface area (Å²) < 4.78 is 2.27. The first-order valence-corrected chi connectivity index (χ1v) is 9.00. The molecule has 1 aromatic rings. The molecule has 5 nitrogen and oxygen atoms in total. The van der Waals surface area contributed by atoms with Gasteiger partial charge in [0.2, 0.25) is 0 Å². The fraction of sp³-hybridized carbons (Fsp3) is 0.833. The first-order chi connectivity index (χ1) is 11.0. The van der Waals surface area contributed by atoms with Crippen molar-refractivity contribution >= 4 is 6.29 Å². The molecule has 1 aliphatic carbocycles. The molecule has 1 heterocycles. The summed E-state index contributed by atoms with van der Waals surface area (Å²) in [6, 6.07) is 0.502. The van der Waals surface area contributed by atoms with E-state index in [0.29, 0.717) is 24.3 Å². The smallest absolute Gasteiger partial charge is 0.136 e. The summed E-state index contributed by atoms with van der Waals surface area (Å²) in [6.45, 7) is 6.94. The van der Waals surface area contributed by atoms with Crippen molar-refractivity contribution in [2.45, 2.75) is 84.1 Å². The number of aryl methyl sites for hydroxylation is 1. The molecule has 1 aromatic heterocycles. The molecule has 0 amide bonds. The van der Waals surface area contributed by atoms with Crippen molar-refractivity contribution in [1.82, 2.24) is 14.8 Å². The molecule has 0 saturated heterocycles. The van der Waals surface area contributed by atoms with Crippen LogP contribution < -0.4 is 0 Å². The minimum Gasteiger partial charge on any atom is -0.396 e. The second kappa shape index (κ2) is 8.04. The number of hydrogen-bond donors (Lipinski definition) is 1. The predicted molar refractivity (Wildman–Crippen MR) is 90.4 cm³/mol. The van der Waals surface area contributed by atoms with Crippen LogP contribution in [0.2, 0.25) is 0 Å². The quantitative estimate of drug-likeness (QED) is 0.634. The monoisotopic (exact) mass is 321 g/mol. The van der Waals surface area contributed by atoms with Gasteiger partial charge < -0.3 is 14.5 Å². The fourth-order valence-electron chi connectivity index (χ4n) is 3.04. The first-order valence-electron chi connectivity index (χ1n) is 9.00. The van der Waals surface area contributed by atoms with Crippen LogP contribution in [0.3, 0.4) is 0 Å². The SMILES string of the molecule is CCC(C)(C)CCCc1nnc([C@H](CC=O)CCO)n1C1CC1. The second-order valence-electron chi connectivity index (χ2n) is 7.56. The average Bonchev–Trinajstić information content (AvgIpc) is 3.27. The van der Waals surface area contributed by atoms with Gasteiger partial charge in [-0.3, -0.25) is 0 Å². The van der Waals surface area contributed by atoms with Crippen LogP contribution in [0.1, 0.15) is 89.3 Å². The fourth-order valence-corrected chi connectivity index (χ4v) is 3.04. The second-order valence-corrected chi connectivity index (χ2v) is 7.56. The standard InChI is InChI=1S/C18H31N3O2/c1-4-18(2,3)11-5-6-16-19-20-17(21(16)15-7-8-15)14(9-12-22)10-13-23/h12,14-15,23H,4-11,13H2,1-3H3/t14-/m1/s1. The van der Waals surface area contributed by atoms with Gasteiger partial charge >= 0.3 is 0 Å². The highest BCUT2D eigenvalue weighted by Crippen LogP contribution is 2.39. The predicted octanol–water partition coefficient (Wildman–Crippen LogP) is 3.43. The number of aliphatic hydroxyl groups is 1. The Morgan fingerprint density at radius 2 is 2.13 bits per heavy atom. The maximum Gasteiger partial charge on any atom is 0.136 e. The Balaban J connectivity index is 2.10. The van der Waals surface area contributed by atoms with Crippen molar-refractivity contribution in [2.24, 2.45) is 5.41 Å². The third-order valence-corrected chi connectivity index (χ3v) is 5.14. The number of aromatic nitrogens is 3. The van der Waals surface area contributed by atoms with Gasteiger partial charge in [0.15, 0.2) is 0 Å². The van der Waals surface area contributed by atoms with E-state index in [9.17, 15) is 9.90 Å². The van der Waals surface area contributed by atoms with Crippen LogP contribution in [0, 0.1) is 5.41 Å². The molecule has 1 saturated carbocycles. The number of aliphatic hydroxyl groups excluding tert-OH is 1. The zero-order valence-electron chi connectivity index (χ0n) is 14.8. The summed E-state index contributed by atoms with van der Waals surface area (Å²) >= 11 is 0. The number of aldehydes is 1. The summed E-state index contributed by atoms with van der Waals surface area (Å²) in [6.07, 6.45) is 8.69. The maximum absolute atomic E-state index is 10.9. The van der Waals surface area contributed by atoms with E-state index < -0.39 is 0 Å². The molecule has 1 atom stereocenters. The van der Waals surface area contributed by atoms with Gasteiger partial charge in [0, 0.05) is 31.4 Å². The summed E-state index contributed by atoms with van der Waals surface area (Å²) in [4.78, 5) is 10.9. The van der Waals surface area contributed by atoms with Crippen LogP contribution in [-0.2, 0) is 11.2 Å². The van der Waals surface area contributed by atoms with Crippen LogP contribution in [0.4, 0.5) is 0 Å². The Kier molecular flexibility index (Phi) is 6.33. The Morgan fingerprint density at radius 3 is 2.70 bits per heavy atom. The summed E-state index contributed by atoms with van der Waals surface area (Å²) in [5.74, 6) is 1.95. The molecule has 0 spiro atoms. The van der Waals surface area contributed by atoms with Crippen molar-refractivity contribution in [3.05, 3.63) is 11.6 Å². The van der Waals surface area contributed by atoms with Crippen LogP contribution in [0.15, 0.2) is 0 Å². The molecule has 5 heteroatoms. The first kappa shape index (κ1) is 18.1. The molecule has 2 rings (SSSR count). The molecule has 0 radical (unpaired) electrons. The molecule has 23 heavy (non-hydrogen) atoms. The molecule has 130 valence electrons. The lowest BCUT2D eigenvalue weighted by molar-refractivity contribution is -0.108. The molecule has 0 aromatic carbocycles. The number of nitrogens with zero attached hydrogens (tertiary/aromatic N) is 3. The molecule has 0 aliphatic heterocycles. The summed E-state index contributed by atoms with van der Waals surface area (Å²) in [5.41, 5.74) is 0.379. The van der Waals surface area contributed by atoms with Gasteiger partial charge in [-0.1, -0.05) is 27.2 Å². The van der Waals surface area contributed by atoms with E-state index in [4.69, 9.17) is 0 Å². The lowest BCUT2D eigenvalue weighted by atomic mass is 9.85. The van der Waals surface area contributed by atoms with Gasteiger partial charge in [0.25, 0.3) is 0 Å². The van der Waals surface area contributed by atoms with E-state index in [0.717, 1.165) is 30.8 Å². The minimum atomic E-state index is -0.00793. The van der Waals surface area contributed by atoms with Crippen molar-refractivity contribution < 1.29 is 9.90 Å². The van der Waals surface area contributed by atoms with Crippen molar-refractivity contribution in [3.8, 4) is 0 Å². The third kappa shape index (κ3) is 4.87. The van der Waals surface area contributed by atoms with Crippen LogP contribution >= 0.6 is 0 Å². The van der Waals surface area contributed by atoms with Crippen LogP contribution in [-0.4, -0.2) is 32.8 Å². The number of rotatable bonds is 11. The third-order valence-electron chi connectivity index (χ3n) is 5.14. The van der Waals surface area contributed by atoms with E-state index in [1.54, 1.807) is 0 Å². The molecule has 1 aliphatic rings. The zero-order valence-corrected chi connectivity index (χ0v) is 14.8. The summed E-state index contributed by atoms with van der Waals surface area (Å²) in [5, 5.41) is 18.1. The van der Waals surface area contributed by atoms with Gasteiger partial charge in [0.1, 0.15) is 17.9 Å². The van der Waals surface area contributed by atoms with Crippen LogP contribution in [0.25, 0.3) is 0 Å². The van der Waals surface area contributed by atoms with Gasteiger partial charge in [-0.25, -0.2) is 0 Å². The lowest BCUT2D eigenvalue weighted by Crippen LogP contribution is -2.14. The molecule has 0 bridgehead atoms. The van der Waals surface area contributed by atoms with Gasteiger partial charge in [0.05, 0.1) is 0 Å². The van der Waals surface area contributed by atoms with E-state index in [1.165, 1.54) is 25.7 Å². The Bertz CT molecular complexity index is 506. The van der Waals surface area contributed by atoms with Crippen molar-refractivity contribution in [1.29, 1.82) is 0 Å². The maximum atomic E-state index is 10.9. The Hall–Kier alpha value is -1.23. The van der Waals surface area contributed by atoms with E-state index >= 15 is 0 Å². The minimum absolute atomic E-state index is 0.00793. The number of carbonyl (C=O) groups excluding carboxylic acids is 1. The van der Waals surface area contributed by atoms with Crippen molar-refractivity contribution in [2.75, 3.05) is 6.61 Å². The summed E-state index contributed by atoms with van der Waals surface area (Å²) in [7, 11) is 0.